The fraction of sp³-hybridized carbons (Fsp3) is 0.389. The number of fused-ring (bicyclic) bond motifs is 1. The van der Waals surface area contributed by atoms with Gasteiger partial charge < -0.3 is 11.1 Å². The molecule has 0 saturated heterocycles. The van der Waals surface area contributed by atoms with E-state index in [1.807, 2.05) is 42.5 Å². The number of benzene rings is 2. The van der Waals surface area contributed by atoms with Gasteiger partial charge in [-0.15, -0.1) is 12.4 Å². The van der Waals surface area contributed by atoms with E-state index in [1.54, 1.807) is 0 Å². The van der Waals surface area contributed by atoms with Crippen molar-refractivity contribution in [2.24, 2.45) is 5.73 Å². The van der Waals surface area contributed by atoms with Crippen molar-refractivity contribution < 1.29 is 4.79 Å². The SMILES string of the molecule is Cl.NC1(CNC(=O)c2ccc3ccccc3c2)CCCCC1. The average molecular weight is 319 g/mol. The molecular weight excluding hydrogens is 296 g/mol. The second kappa shape index (κ2) is 7.12. The molecule has 3 N–H and O–H groups in total. The van der Waals surface area contributed by atoms with E-state index >= 15 is 0 Å². The summed E-state index contributed by atoms with van der Waals surface area (Å²) in [5.74, 6) is -0.0313. The number of amides is 1. The van der Waals surface area contributed by atoms with Crippen LogP contribution in [0.4, 0.5) is 0 Å². The van der Waals surface area contributed by atoms with E-state index in [4.69, 9.17) is 5.73 Å². The van der Waals surface area contributed by atoms with Gasteiger partial charge in [-0.2, -0.15) is 0 Å². The lowest BCUT2D eigenvalue weighted by molar-refractivity contribution is 0.0938. The molecule has 1 saturated carbocycles. The third-order valence-corrected chi connectivity index (χ3v) is 4.46. The van der Waals surface area contributed by atoms with Gasteiger partial charge in [0.2, 0.25) is 0 Å². The molecule has 1 fully saturated rings. The maximum Gasteiger partial charge on any atom is 0.251 e. The largest absolute Gasteiger partial charge is 0.350 e. The molecule has 0 heterocycles. The number of hydrogen-bond donors (Lipinski definition) is 2. The van der Waals surface area contributed by atoms with Crippen molar-refractivity contribution in [3.05, 3.63) is 48.0 Å². The minimum Gasteiger partial charge on any atom is -0.350 e. The van der Waals surface area contributed by atoms with E-state index in [1.165, 1.54) is 19.3 Å². The monoisotopic (exact) mass is 318 g/mol. The molecule has 3 nitrogen and oxygen atoms in total. The standard InChI is InChI=1S/C18H22N2O.ClH/c19-18(10-4-1-5-11-18)13-20-17(21)16-9-8-14-6-2-3-7-15(14)12-16;/h2-3,6-9,12H,1,4-5,10-11,13,19H2,(H,20,21);1H. The van der Waals surface area contributed by atoms with Crippen LogP contribution in [0.1, 0.15) is 42.5 Å². The number of hydrogen-bond acceptors (Lipinski definition) is 2. The Morgan fingerprint density at radius 1 is 1.05 bits per heavy atom. The smallest absolute Gasteiger partial charge is 0.251 e. The van der Waals surface area contributed by atoms with E-state index in [0.717, 1.165) is 23.6 Å². The molecule has 118 valence electrons. The Morgan fingerprint density at radius 3 is 2.45 bits per heavy atom. The first kappa shape index (κ1) is 16.8. The minimum absolute atomic E-state index is 0. The zero-order chi connectivity index (χ0) is 14.7. The topological polar surface area (TPSA) is 55.1 Å². The van der Waals surface area contributed by atoms with Crippen molar-refractivity contribution in [1.29, 1.82) is 0 Å². The quantitative estimate of drug-likeness (QED) is 0.907. The molecule has 0 radical (unpaired) electrons. The number of carbonyl (C=O) groups is 1. The van der Waals surface area contributed by atoms with Gasteiger partial charge in [-0.05, 0) is 35.7 Å². The number of halogens is 1. The maximum atomic E-state index is 12.3. The first-order valence-electron chi connectivity index (χ1n) is 7.72. The lowest BCUT2D eigenvalue weighted by atomic mass is 9.82. The molecule has 4 heteroatoms. The fourth-order valence-corrected chi connectivity index (χ4v) is 3.12. The number of nitrogens with two attached hydrogens (primary N) is 1. The maximum absolute atomic E-state index is 12.3. The van der Waals surface area contributed by atoms with Crippen molar-refractivity contribution >= 4 is 29.1 Å². The second-order valence-electron chi connectivity index (χ2n) is 6.17. The molecule has 0 aliphatic heterocycles. The van der Waals surface area contributed by atoms with E-state index in [2.05, 4.69) is 5.32 Å². The normalized spacial score (nSPS) is 16.8. The van der Waals surface area contributed by atoms with Crippen molar-refractivity contribution in [2.75, 3.05) is 6.54 Å². The van der Waals surface area contributed by atoms with Crippen LogP contribution in [0.15, 0.2) is 42.5 Å². The molecule has 0 unspecified atom stereocenters. The van der Waals surface area contributed by atoms with E-state index in [0.29, 0.717) is 12.1 Å². The molecule has 2 aromatic carbocycles. The zero-order valence-electron chi connectivity index (χ0n) is 12.7. The Morgan fingerprint density at radius 2 is 1.73 bits per heavy atom. The first-order valence-corrected chi connectivity index (χ1v) is 7.72. The number of carbonyl (C=O) groups excluding carboxylic acids is 1. The highest BCUT2D eigenvalue weighted by molar-refractivity contribution is 5.98. The van der Waals surface area contributed by atoms with Gasteiger partial charge >= 0.3 is 0 Å². The van der Waals surface area contributed by atoms with Crippen molar-refractivity contribution in [2.45, 2.75) is 37.6 Å². The second-order valence-corrected chi connectivity index (χ2v) is 6.17. The van der Waals surface area contributed by atoms with Gasteiger partial charge in [0.05, 0.1) is 0 Å². The van der Waals surface area contributed by atoms with E-state index < -0.39 is 0 Å². The van der Waals surface area contributed by atoms with Gasteiger partial charge in [0, 0.05) is 17.6 Å². The lowest BCUT2D eigenvalue weighted by Gasteiger charge is -2.33. The molecule has 2 aromatic rings. The predicted molar refractivity (Wildman–Crippen MR) is 93.5 cm³/mol. The number of rotatable bonds is 3. The summed E-state index contributed by atoms with van der Waals surface area (Å²) in [6, 6.07) is 13.9. The van der Waals surface area contributed by atoms with Gasteiger partial charge in [-0.1, -0.05) is 49.6 Å². The summed E-state index contributed by atoms with van der Waals surface area (Å²) in [6.45, 7) is 0.568. The van der Waals surface area contributed by atoms with Crippen LogP contribution in [-0.4, -0.2) is 18.0 Å². The summed E-state index contributed by atoms with van der Waals surface area (Å²) >= 11 is 0. The molecule has 1 amide bonds. The lowest BCUT2D eigenvalue weighted by Crippen LogP contribution is -2.51. The summed E-state index contributed by atoms with van der Waals surface area (Å²) in [5, 5.41) is 5.25. The fourth-order valence-electron chi connectivity index (χ4n) is 3.12. The minimum atomic E-state index is -0.218. The van der Waals surface area contributed by atoms with Gasteiger partial charge in [0.15, 0.2) is 0 Å². The highest BCUT2D eigenvalue weighted by atomic mass is 35.5. The molecule has 0 aromatic heterocycles. The van der Waals surface area contributed by atoms with Gasteiger partial charge in [0.1, 0.15) is 0 Å². The Bertz CT molecular complexity index is 650. The van der Waals surface area contributed by atoms with Gasteiger partial charge in [0.25, 0.3) is 5.91 Å². The predicted octanol–water partition coefficient (Wildman–Crippen LogP) is 3.65. The summed E-state index contributed by atoms with van der Waals surface area (Å²) < 4.78 is 0. The Labute approximate surface area is 137 Å². The van der Waals surface area contributed by atoms with Crippen LogP contribution in [0, 0.1) is 0 Å². The highest BCUT2D eigenvalue weighted by Gasteiger charge is 2.27. The molecule has 3 rings (SSSR count). The third kappa shape index (κ3) is 3.79. The van der Waals surface area contributed by atoms with E-state index in [-0.39, 0.29) is 23.9 Å². The molecule has 0 bridgehead atoms. The van der Waals surface area contributed by atoms with Crippen molar-refractivity contribution in [1.82, 2.24) is 5.32 Å². The molecular formula is C18H23ClN2O. The van der Waals surface area contributed by atoms with Gasteiger partial charge in [-0.3, -0.25) is 4.79 Å². The van der Waals surface area contributed by atoms with Crippen LogP contribution in [-0.2, 0) is 0 Å². The van der Waals surface area contributed by atoms with E-state index in [9.17, 15) is 4.79 Å². The zero-order valence-corrected chi connectivity index (χ0v) is 13.5. The molecule has 22 heavy (non-hydrogen) atoms. The van der Waals surface area contributed by atoms with Crippen LogP contribution < -0.4 is 11.1 Å². The molecule has 1 aliphatic carbocycles. The van der Waals surface area contributed by atoms with Crippen LogP contribution in [0.25, 0.3) is 10.8 Å². The third-order valence-electron chi connectivity index (χ3n) is 4.46. The van der Waals surface area contributed by atoms with Crippen LogP contribution in [0.2, 0.25) is 0 Å². The van der Waals surface area contributed by atoms with Crippen LogP contribution in [0.5, 0.6) is 0 Å². The summed E-state index contributed by atoms with van der Waals surface area (Å²) in [5.41, 5.74) is 6.85. The summed E-state index contributed by atoms with van der Waals surface area (Å²) in [6.07, 6.45) is 5.61. The number of nitrogens with one attached hydrogen (secondary N) is 1. The van der Waals surface area contributed by atoms with Crippen molar-refractivity contribution in [3.63, 3.8) is 0 Å². The Hall–Kier alpha value is -1.58. The molecule has 0 spiro atoms. The van der Waals surface area contributed by atoms with Crippen molar-refractivity contribution in [3.8, 4) is 0 Å². The summed E-state index contributed by atoms with van der Waals surface area (Å²) in [7, 11) is 0. The highest BCUT2D eigenvalue weighted by Crippen LogP contribution is 2.25. The van der Waals surface area contributed by atoms with Crippen LogP contribution >= 0.6 is 12.4 Å². The van der Waals surface area contributed by atoms with Gasteiger partial charge in [-0.25, -0.2) is 0 Å². The Balaban J connectivity index is 0.00000176. The molecule has 1 aliphatic rings. The van der Waals surface area contributed by atoms with Crippen LogP contribution in [0.3, 0.4) is 0 Å². The average Bonchev–Trinajstić information content (AvgIpc) is 2.53. The summed E-state index contributed by atoms with van der Waals surface area (Å²) in [4.78, 5) is 12.3. The molecule has 0 atom stereocenters. The Kier molecular flexibility index (Phi) is 5.43. The first-order chi connectivity index (χ1) is 10.2.